The van der Waals surface area contributed by atoms with E-state index in [9.17, 15) is 14.5 Å². The van der Waals surface area contributed by atoms with Gasteiger partial charge in [-0.3, -0.25) is 9.32 Å². The summed E-state index contributed by atoms with van der Waals surface area (Å²) in [6.45, 7) is 2.47. The van der Waals surface area contributed by atoms with E-state index in [0.29, 0.717) is 19.3 Å². The van der Waals surface area contributed by atoms with Gasteiger partial charge in [0.05, 0.1) is 25.1 Å². The van der Waals surface area contributed by atoms with E-state index in [1.165, 1.54) is 24.0 Å². The van der Waals surface area contributed by atoms with Gasteiger partial charge in [-0.05, 0) is 45.2 Å². The van der Waals surface area contributed by atoms with Crippen LogP contribution in [-0.2, 0) is 23.4 Å². The minimum atomic E-state index is -4.27. The number of imidazole rings is 1. The number of carbonyl (C=O) groups is 1. The molecule has 1 aromatic carbocycles. The monoisotopic (exact) mass is 564 g/mol. The number of nitrogen functional groups attached to an aromatic ring is 1. The third kappa shape index (κ3) is 5.10. The van der Waals surface area contributed by atoms with E-state index in [4.69, 9.17) is 24.3 Å². The first-order valence-electron chi connectivity index (χ1n) is 12.5. The SMILES string of the molecule is CCOC(=O)C1(NP(=O)(OC[C@H]2O[C@@H](c3cnc4c(N)ncnn34)[C@](C)(F)[C@@H]2O)Oc2ccccc2)CCC1. The fourth-order valence-corrected chi connectivity index (χ4v) is 6.46. The molecule has 0 bridgehead atoms. The lowest BCUT2D eigenvalue weighted by Crippen LogP contribution is -2.57. The lowest BCUT2D eigenvalue weighted by Gasteiger charge is -2.41. The second kappa shape index (κ2) is 10.4. The maximum Gasteiger partial charge on any atom is 0.459 e. The predicted molar refractivity (Wildman–Crippen MR) is 135 cm³/mol. The Balaban J connectivity index is 1.38. The maximum atomic E-state index is 15.9. The molecule has 0 spiro atoms. The minimum Gasteiger partial charge on any atom is -0.465 e. The van der Waals surface area contributed by atoms with Gasteiger partial charge in [-0.25, -0.2) is 23.4 Å². The molecule has 0 amide bonds. The Morgan fingerprint density at radius 1 is 1.33 bits per heavy atom. The van der Waals surface area contributed by atoms with Crippen LogP contribution in [0.3, 0.4) is 0 Å². The topological polar surface area (TPSA) is 172 Å². The van der Waals surface area contributed by atoms with E-state index >= 15 is 4.39 Å². The van der Waals surface area contributed by atoms with Crippen molar-refractivity contribution >= 4 is 25.2 Å². The molecule has 1 saturated carbocycles. The summed E-state index contributed by atoms with van der Waals surface area (Å²) in [6, 6.07) is 8.26. The third-order valence-electron chi connectivity index (χ3n) is 6.98. The first-order valence-corrected chi connectivity index (χ1v) is 14.1. The number of esters is 1. The standard InChI is InChI=1S/C24H30FN6O7P/c1-3-35-22(33)24(10-7-11-24)30-39(34,38-15-8-5-4-6-9-15)36-13-17-18(32)23(2,25)19(37-17)16-12-27-21-20(26)28-14-29-31(16)21/h4-6,8-9,12,14,17-19,32H,3,7,10-11,13H2,1-2H3,(H,30,34)(H2,26,28,29)/t17-,18-,19+,23-,39?/m1/s1. The molecule has 3 heterocycles. The van der Waals surface area contributed by atoms with Crippen LogP contribution in [-0.4, -0.2) is 67.3 Å². The van der Waals surface area contributed by atoms with E-state index in [1.807, 2.05) is 0 Å². The molecule has 13 nitrogen and oxygen atoms in total. The predicted octanol–water partition coefficient (Wildman–Crippen LogP) is 2.51. The number of halogens is 1. The number of hydrogen-bond acceptors (Lipinski definition) is 11. The molecule has 1 saturated heterocycles. The van der Waals surface area contributed by atoms with Crippen LogP contribution in [0.15, 0.2) is 42.9 Å². The van der Waals surface area contributed by atoms with E-state index in [1.54, 1.807) is 37.3 Å². The molecular formula is C24H30FN6O7P. The number of alkyl halides is 1. The molecule has 5 rings (SSSR count). The van der Waals surface area contributed by atoms with Gasteiger partial charge in [-0.1, -0.05) is 18.2 Å². The number of benzene rings is 1. The van der Waals surface area contributed by atoms with Crippen LogP contribution in [0, 0.1) is 0 Å². The molecule has 210 valence electrons. The normalized spacial score (nSPS) is 27.5. The summed E-state index contributed by atoms with van der Waals surface area (Å²) in [7, 11) is -4.27. The molecule has 3 aromatic rings. The molecule has 1 aliphatic heterocycles. The van der Waals surface area contributed by atoms with E-state index < -0.39 is 49.8 Å². The van der Waals surface area contributed by atoms with Gasteiger partial charge in [0.1, 0.15) is 35.9 Å². The molecule has 39 heavy (non-hydrogen) atoms. The van der Waals surface area contributed by atoms with Crippen LogP contribution >= 0.6 is 7.75 Å². The van der Waals surface area contributed by atoms with Crippen molar-refractivity contribution in [2.24, 2.45) is 0 Å². The summed E-state index contributed by atoms with van der Waals surface area (Å²) in [6.07, 6.45) is -0.291. The number of aliphatic hydroxyl groups is 1. The molecule has 5 atom stereocenters. The van der Waals surface area contributed by atoms with Crippen LogP contribution in [0.4, 0.5) is 10.2 Å². The first kappa shape index (κ1) is 27.4. The lowest BCUT2D eigenvalue weighted by molar-refractivity contribution is -0.154. The van der Waals surface area contributed by atoms with Crippen molar-refractivity contribution < 1.29 is 37.4 Å². The van der Waals surface area contributed by atoms with Gasteiger partial charge in [-0.2, -0.15) is 10.2 Å². The average molecular weight is 565 g/mol. The second-order valence-electron chi connectivity index (χ2n) is 9.68. The van der Waals surface area contributed by atoms with Gasteiger partial charge in [0.15, 0.2) is 17.1 Å². The highest BCUT2D eigenvalue weighted by molar-refractivity contribution is 7.52. The molecule has 15 heteroatoms. The summed E-state index contributed by atoms with van der Waals surface area (Å²) in [5.74, 6) is -0.262. The zero-order chi connectivity index (χ0) is 27.8. The number of fused-ring (bicyclic) bond motifs is 1. The van der Waals surface area contributed by atoms with Crippen molar-refractivity contribution in [3.63, 3.8) is 0 Å². The number of nitrogens with one attached hydrogen (secondary N) is 1. The average Bonchev–Trinajstić information content (AvgIpc) is 3.40. The lowest BCUT2D eigenvalue weighted by atomic mass is 9.78. The number of ether oxygens (including phenoxy) is 2. The minimum absolute atomic E-state index is 0.0897. The molecule has 4 N–H and O–H groups in total. The highest BCUT2D eigenvalue weighted by Gasteiger charge is 2.57. The number of anilines is 1. The van der Waals surface area contributed by atoms with Gasteiger partial charge >= 0.3 is 13.7 Å². The number of para-hydroxylation sites is 1. The number of nitrogens with two attached hydrogens (primary N) is 1. The number of rotatable bonds is 10. The van der Waals surface area contributed by atoms with E-state index in [-0.39, 0.29) is 29.5 Å². The molecule has 2 fully saturated rings. The Labute approximate surface area is 223 Å². The number of hydrogen-bond donors (Lipinski definition) is 3. The molecular weight excluding hydrogens is 534 g/mol. The quantitative estimate of drug-likeness (QED) is 0.243. The summed E-state index contributed by atoms with van der Waals surface area (Å²) in [5, 5.41) is 17.7. The van der Waals surface area contributed by atoms with Gasteiger partial charge in [0.2, 0.25) is 0 Å². The van der Waals surface area contributed by atoms with Crippen molar-refractivity contribution in [1.29, 1.82) is 0 Å². The maximum absolute atomic E-state index is 15.9. The number of aromatic nitrogens is 4. The number of nitrogens with zero attached hydrogens (tertiary/aromatic N) is 4. The Kier molecular flexibility index (Phi) is 7.33. The van der Waals surface area contributed by atoms with Crippen LogP contribution < -0.4 is 15.3 Å². The molecule has 2 aromatic heterocycles. The summed E-state index contributed by atoms with van der Waals surface area (Å²) in [4.78, 5) is 20.7. The van der Waals surface area contributed by atoms with Crippen molar-refractivity contribution in [1.82, 2.24) is 24.7 Å². The van der Waals surface area contributed by atoms with Gasteiger partial charge < -0.3 is 24.8 Å². The Hall–Kier alpha value is -3.16. The van der Waals surface area contributed by atoms with Gasteiger partial charge in [0.25, 0.3) is 0 Å². The van der Waals surface area contributed by atoms with Crippen molar-refractivity contribution in [3.05, 3.63) is 48.5 Å². The summed E-state index contributed by atoms with van der Waals surface area (Å²) >= 11 is 0. The summed E-state index contributed by atoms with van der Waals surface area (Å²) < 4.78 is 53.7. The second-order valence-corrected chi connectivity index (χ2v) is 11.3. The van der Waals surface area contributed by atoms with Crippen LogP contribution in [0.1, 0.15) is 44.9 Å². The highest BCUT2D eigenvalue weighted by Crippen LogP contribution is 2.52. The Bertz CT molecular complexity index is 1390. The van der Waals surface area contributed by atoms with Crippen LogP contribution in [0.2, 0.25) is 0 Å². The zero-order valence-corrected chi connectivity index (χ0v) is 22.3. The fourth-order valence-electron chi connectivity index (χ4n) is 4.72. The molecule has 0 radical (unpaired) electrons. The Morgan fingerprint density at radius 3 is 2.74 bits per heavy atom. The highest BCUT2D eigenvalue weighted by atomic mass is 31.2. The molecule has 1 unspecified atom stereocenters. The van der Waals surface area contributed by atoms with E-state index in [2.05, 4.69) is 20.2 Å². The van der Waals surface area contributed by atoms with Crippen LogP contribution in [0.25, 0.3) is 5.65 Å². The van der Waals surface area contributed by atoms with Gasteiger partial charge in [0, 0.05) is 0 Å². The number of carbonyl (C=O) groups excluding carboxylic acids is 1. The van der Waals surface area contributed by atoms with Gasteiger partial charge in [-0.15, -0.1) is 0 Å². The number of aliphatic hydroxyl groups excluding tert-OH is 1. The third-order valence-corrected chi connectivity index (χ3v) is 8.62. The van der Waals surface area contributed by atoms with Crippen molar-refractivity contribution in [3.8, 4) is 5.75 Å². The molecule has 2 aliphatic rings. The van der Waals surface area contributed by atoms with Crippen LogP contribution in [0.5, 0.6) is 5.75 Å². The van der Waals surface area contributed by atoms with Crippen molar-refractivity contribution in [2.45, 2.75) is 62.6 Å². The van der Waals surface area contributed by atoms with E-state index in [0.717, 1.165) is 0 Å². The Morgan fingerprint density at radius 2 is 2.08 bits per heavy atom. The summed E-state index contributed by atoms with van der Waals surface area (Å²) in [5.41, 5.74) is 2.67. The van der Waals surface area contributed by atoms with Crippen molar-refractivity contribution in [2.75, 3.05) is 18.9 Å². The largest absolute Gasteiger partial charge is 0.465 e. The zero-order valence-electron chi connectivity index (χ0n) is 21.4. The first-order chi connectivity index (χ1) is 18.6. The fraction of sp³-hybridized carbons (Fsp3) is 0.500. The smallest absolute Gasteiger partial charge is 0.459 e. The molecule has 1 aliphatic carbocycles.